The van der Waals surface area contributed by atoms with Crippen LogP contribution in [0.15, 0.2) is 35.1 Å². The van der Waals surface area contributed by atoms with E-state index < -0.39 is 5.60 Å². The van der Waals surface area contributed by atoms with E-state index in [1.54, 1.807) is 24.5 Å². The van der Waals surface area contributed by atoms with Crippen molar-refractivity contribution in [3.63, 3.8) is 0 Å². The molecule has 1 fully saturated rings. The fourth-order valence-corrected chi connectivity index (χ4v) is 2.93. The van der Waals surface area contributed by atoms with Crippen molar-refractivity contribution in [2.24, 2.45) is 0 Å². The van der Waals surface area contributed by atoms with E-state index in [1.807, 2.05) is 6.07 Å². The van der Waals surface area contributed by atoms with Crippen LogP contribution in [0.2, 0.25) is 0 Å². The maximum Gasteiger partial charge on any atom is 0.273 e. The van der Waals surface area contributed by atoms with Crippen LogP contribution in [-0.2, 0) is 0 Å². The summed E-state index contributed by atoms with van der Waals surface area (Å²) in [5, 5.41) is 17.1. The lowest BCUT2D eigenvalue weighted by Crippen LogP contribution is -2.42. The second-order valence-electron chi connectivity index (χ2n) is 6.14. The third kappa shape index (κ3) is 3.96. The molecule has 6 nitrogen and oxygen atoms in total. The molecule has 23 heavy (non-hydrogen) atoms. The Balaban J connectivity index is 1.61. The molecule has 1 aliphatic rings. The molecule has 1 saturated carbocycles. The monoisotopic (exact) mass is 315 g/mol. The van der Waals surface area contributed by atoms with Gasteiger partial charge in [0.25, 0.3) is 5.91 Å². The van der Waals surface area contributed by atoms with Gasteiger partial charge in [-0.3, -0.25) is 9.78 Å². The van der Waals surface area contributed by atoms with Crippen LogP contribution >= 0.6 is 0 Å². The van der Waals surface area contributed by atoms with Crippen molar-refractivity contribution in [2.45, 2.75) is 44.1 Å². The molecule has 2 N–H and O–H groups in total. The minimum Gasteiger partial charge on any atom is -0.388 e. The summed E-state index contributed by atoms with van der Waals surface area (Å²) in [6, 6.07) is 5.21. The van der Waals surface area contributed by atoms with Gasteiger partial charge in [0, 0.05) is 30.6 Å². The number of carbonyl (C=O) groups is 1. The highest BCUT2D eigenvalue weighted by Gasteiger charge is 2.28. The number of aliphatic hydroxyl groups is 1. The predicted octanol–water partition coefficient (Wildman–Crippen LogP) is 2.55. The molecule has 0 spiro atoms. The Bertz CT molecular complexity index is 646. The van der Waals surface area contributed by atoms with Gasteiger partial charge in [-0.15, -0.1) is 0 Å². The molecular weight excluding hydrogens is 294 g/mol. The number of nitrogens with one attached hydrogen (secondary N) is 1. The number of hydrogen-bond donors (Lipinski definition) is 2. The summed E-state index contributed by atoms with van der Waals surface area (Å²) in [7, 11) is 0. The number of pyridine rings is 1. The first-order valence-electron chi connectivity index (χ1n) is 8.04. The minimum absolute atomic E-state index is 0.209. The van der Waals surface area contributed by atoms with Gasteiger partial charge in [0.1, 0.15) is 0 Å². The lowest BCUT2D eigenvalue weighted by Gasteiger charge is -2.26. The maximum absolute atomic E-state index is 12.2. The van der Waals surface area contributed by atoms with Crippen molar-refractivity contribution >= 4 is 5.91 Å². The van der Waals surface area contributed by atoms with Gasteiger partial charge in [-0.05, 0) is 25.0 Å². The van der Waals surface area contributed by atoms with Gasteiger partial charge in [0.2, 0.25) is 0 Å². The van der Waals surface area contributed by atoms with Gasteiger partial charge < -0.3 is 14.9 Å². The third-order valence-corrected chi connectivity index (χ3v) is 4.30. The highest BCUT2D eigenvalue weighted by atomic mass is 16.5. The fraction of sp³-hybridized carbons (Fsp3) is 0.471. The van der Waals surface area contributed by atoms with Crippen molar-refractivity contribution in [1.29, 1.82) is 0 Å². The highest BCUT2D eigenvalue weighted by molar-refractivity contribution is 5.93. The van der Waals surface area contributed by atoms with Gasteiger partial charge >= 0.3 is 0 Å². The summed E-state index contributed by atoms with van der Waals surface area (Å²) in [6.07, 6.45) is 9.07. The van der Waals surface area contributed by atoms with E-state index >= 15 is 0 Å². The van der Waals surface area contributed by atoms with Crippen molar-refractivity contribution in [3.8, 4) is 11.3 Å². The van der Waals surface area contributed by atoms with Crippen LogP contribution in [0.4, 0.5) is 0 Å². The number of hydrogen-bond acceptors (Lipinski definition) is 5. The molecule has 2 heterocycles. The van der Waals surface area contributed by atoms with E-state index in [9.17, 15) is 9.90 Å². The summed E-state index contributed by atoms with van der Waals surface area (Å²) < 4.78 is 5.20. The van der Waals surface area contributed by atoms with Crippen LogP contribution in [-0.4, -0.2) is 33.3 Å². The molecule has 1 aliphatic carbocycles. The van der Waals surface area contributed by atoms with Crippen LogP contribution in [0.1, 0.15) is 49.0 Å². The summed E-state index contributed by atoms with van der Waals surface area (Å²) in [6.45, 7) is 0.251. The van der Waals surface area contributed by atoms with E-state index in [2.05, 4.69) is 15.5 Å². The van der Waals surface area contributed by atoms with E-state index in [-0.39, 0.29) is 18.1 Å². The Labute approximate surface area is 134 Å². The van der Waals surface area contributed by atoms with E-state index in [4.69, 9.17) is 4.52 Å². The van der Waals surface area contributed by atoms with Gasteiger partial charge in [-0.2, -0.15) is 0 Å². The number of amides is 1. The van der Waals surface area contributed by atoms with Gasteiger partial charge in [-0.1, -0.05) is 30.8 Å². The summed E-state index contributed by atoms with van der Waals surface area (Å²) in [5.74, 6) is 0.165. The molecule has 2 aromatic rings. The first-order chi connectivity index (χ1) is 11.2. The molecule has 0 aliphatic heterocycles. The van der Waals surface area contributed by atoms with Crippen molar-refractivity contribution in [3.05, 3.63) is 36.3 Å². The molecule has 6 heteroatoms. The van der Waals surface area contributed by atoms with Gasteiger partial charge in [-0.25, -0.2) is 0 Å². The quantitative estimate of drug-likeness (QED) is 0.847. The van der Waals surface area contributed by atoms with Gasteiger partial charge in [0.05, 0.1) is 5.60 Å². The molecule has 3 rings (SSSR count). The SMILES string of the molecule is O=C(NCC1(O)CCCCCC1)c1cc(-c2cccnc2)on1. The molecule has 0 radical (unpaired) electrons. The molecular formula is C17H21N3O3. The first kappa shape index (κ1) is 15.7. The van der Waals surface area contributed by atoms with E-state index in [0.717, 1.165) is 44.1 Å². The lowest BCUT2D eigenvalue weighted by molar-refractivity contribution is 0.0245. The van der Waals surface area contributed by atoms with Crippen LogP contribution < -0.4 is 5.32 Å². The maximum atomic E-state index is 12.2. The molecule has 122 valence electrons. The number of rotatable bonds is 4. The zero-order valence-corrected chi connectivity index (χ0v) is 13.0. The fourth-order valence-electron chi connectivity index (χ4n) is 2.93. The zero-order valence-electron chi connectivity index (χ0n) is 13.0. The van der Waals surface area contributed by atoms with E-state index in [1.165, 1.54) is 0 Å². The standard InChI is InChI=1S/C17H21N3O3/c21-16(19-12-17(22)7-3-1-2-4-8-17)14-10-15(23-20-14)13-6-5-9-18-11-13/h5-6,9-11,22H,1-4,7-8,12H2,(H,19,21). The first-order valence-corrected chi connectivity index (χ1v) is 8.04. The Kier molecular flexibility index (Phi) is 4.71. The number of nitrogens with zero attached hydrogens (tertiary/aromatic N) is 2. The largest absolute Gasteiger partial charge is 0.388 e. The average molecular weight is 315 g/mol. The third-order valence-electron chi connectivity index (χ3n) is 4.30. The summed E-state index contributed by atoms with van der Waals surface area (Å²) in [5.41, 5.74) is 0.171. The Morgan fingerprint density at radius 3 is 2.78 bits per heavy atom. The van der Waals surface area contributed by atoms with Crippen LogP contribution in [0.5, 0.6) is 0 Å². The van der Waals surface area contributed by atoms with Crippen LogP contribution in [0.3, 0.4) is 0 Å². The molecule has 0 bridgehead atoms. The molecule has 2 aromatic heterocycles. The Morgan fingerprint density at radius 1 is 1.30 bits per heavy atom. The normalized spacial score (nSPS) is 17.4. The number of carbonyl (C=O) groups excluding carboxylic acids is 1. The summed E-state index contributed by atoms with van der Waals surface area (Å²) in [4.78, 5) is 16.2. The van der Waals surface area contributed by atoms with Crippen molar-refractivity contribution < 1.29 is 14.4 Å². The molecule has 0 unspecified atom stereocenters. The minimum atomic E-state index is -0.803. The zero-order chi connectivity index (χ0) is 16.1. The smallest absolute Gasteiger partial charge is 0.273 e. The Morgan fingerprint density at radius 2 is 2.09 bits per heavy atom. The second kappa shape index (κ2) is 6.91. The molecule has 1 amide bonds. The highest BCUT2D eigenvalue weighted by Crippen LogP contribution is 2.26. The molecule has 0 saturated heterocycles. The summed E-state index contributed by atoms with van der Waals surface area (Å²) >= 11 is 0. The van der Waals surface area contributed by atoms with Gasteiger partial charge in [0.15, 0.2) is 11.5 Å². The predicted molar refractivity (Wildman–Crippen MR) is 84.7 cm³/mol. The molecule has 0 aromatic carbocycles. The van der Waals surface area contributed by atoms with Crippen molar-refractivity contribution in [1.82, 2.24) is 15.5 Å². The Hall–Kier alpha value is -2.21. The number of aromatic nitrogens is 2. The average Bonchev–Trinajstić information content (AvgIpc) is 2.97. The molecule has 0 atom stereocenters. The van der Waals surface area contributed by atoms with E-state index in [0.29, 0.717) is 5.76 Å². The topological polar surface area (TPSA) is 88.2 Å². The van der Waals surface area contributed by atoms with Crippen LogP contribution in [0, 0.1) is 0 Å². The second-order valence-corrected chi connectivity index (χ2v) is 6.14. The van der Waals surface area contributed by atoms with Crippen LogP contribution in [0.25, 0.3) is 11.3 Å². The van der Waals surface area contributed by atoms with Crippen molar-refractivity contribution in [2.75, 3.05) is 6.54 Å². The lowest BCUT2D eigenvalue weighted by atomic mass is 9.94.